The number of hydrogen-bond donors (Lipinski definition) is 2. The van der Waals surface area contributed by atoms with Crippen molar-refractivity contribution in [1.82, 2.24) is 9.62 Å². The highest BCUT2D eigenvalue weighted by molar-refractivity contribution is 7.89. The van der Waals surface area contributed by atoms with Gasteiger partial charge in [-0.15, -0.1) is 0 Å². The summed E-state index contributed by atoms with van der Waals surface area (Å²) in [6, 6.07) is 15.6. The lowest BCUT2D eigenvalue weighted by atomic mass is 9.96. The lowest BCUT2D eigenvalue weighted by Crippen LogP contribution is -2.43. The van der Waals surface area contributed by atoms with E-state index in [9.17, 15) is 18.0 Å². The number of amides is 2. The molecule has 0 unspecified atom stereocenters. The second kappa shape index (κ2) is 10.4. The molecule has 3 N–H and O–H groups in total. The Morgan fingerprint density at radius 2 is 1.68 bits per heavy atom. The summed E-state index contributed by atoms with van der Waals surface area (Å²) >= 11 is 0. The fourth-order valence-electron chi connectivity index (χ4n) is 3.42. The van der Waals surface area contributed by atoms with Crippen LogP contribution in [0.5, 0.6) is 5.75 Å². The van der Waals surface area contributed by atoms with E-state index in [2.05, 4.69) is 4.72 Å². The van der Waals surface area contributed by atoms with Gasteiger partial charge < -0.3 is 15.4 Å². The number of nitrogens with zero attached hydrogens (tertiary/aromatic N) is 1. The van der Waals surface area contributed by atoms with Gasteiger partial charge in [0.1, 0.15) is 5.75 Å². The molecule has 0 spiro atoms. The zero-order chi connectivity index (χ0) is 22.3. The van der Waals surface area contributed by atoms with E-state index in [1.54, 1.807) is 4.90 Å². The van der Waals surface area contributed by atoms with Gasteiger partial charge in [0.15, 0.2) is 6.61 Å². The highest BCUT2D eigenvalue weighted by atomic mass is 32.2. The van der Waals surface area contributed by atoms with Crippen molar-refractivity contribution >= 4 is 21.8 Å². The molecule has 31 heavy (non-hydrogen) atoms. The standard InChI is InChI=1S/C22H27N3O5S/c23-22(27)18-11-14-25(15-12-18)21(26)16-30-19-6-8-20(9-7-19)31(28,29)24-13-10-17-4-2-1-3-5-17/h1-9,18,24H,10-16H2,(H2,23,27). The molecule has 1 saturated heterocycles. The summed E-state index contributed by atoms with van der Waals surface area (Å²) in [6.07, 6.45) is 1.72. The average molecular weight is 446 g/mol. The Kier molecular flexibility index (Phi) is 7.64. The van der Waals surface area contributed by atoms with Crippen LogP contribution < -0.4 is 15.2 Å². The Hall–Kier alpha value is -2.91. The summed E-state index contributed by atoms with van der Waals surface area (Å²) in [6.45, 7) is 1.09. The molecule has 1 heterocycles. The predicted octanol–water partition coefficient (Wildman–Crippen LogP) is 1.31. The first-order chi connectivity index (χ1) is 14.8. The minimum Gasteiger partial charge on any atom is -0.484 e. The molecule has 2 aromatic carbocycles. The number of rotatable bonds is 9. The maximum atomic E-state index is 12.4. The minimum atomic E-state index is -3.63. The smallest absolute Gasteiger partial charge is 0.260 e. The van der Waals surface area contributed by atoms with Crippen molar-refractivity contribution in [2.24, 2.45) is 11.7 Å². The van der Waals surface area contributed by atoms with Crippen LogP contribution in [0.15, 0.2) is 59.5 Å². The van der Waals surface area contributed by atoms with E-state index in [-0.39, 0.29) is 29.2 Å². The van der Waals surface area contributed by atoms with Crippen LogP contribution in [0, 0.1) is 5.92 Å². The summed E-state index contributed by atoms with van der Waals surface area (Å²) in [5.74, 6) is -0.278. The van der Waals surface area contributed by atoms with Gasteiger partial charge in [0, 0.05) is 25.6 Å². The van der Waals surface area contributed by atoms with Gasteiger partial charge in [0.2, 0.25) is 15.9 Å². The third kappa shape index (κ3) is 6.53. The Morgan fingerprint density at radius 1 is 1.03 bits per heavy atom. The first-order valence-corrected chi connectivity index (χ1v) is 11.7. The Balaban J connectivity index is 1.46. The van der Waals surface area contributed by atoms with Gasteiger partial charge in [-0.05, 0) is 49.1 Å². The predicted molar refractivity (Wildman–Crippen MR) is 116 cm³/mol. The zero-order valence-electron chi connectivity index (χ0n) is 17.2. The molecule has 8 nitrogen and oxygen atoms in total. The average Bonchev–Trinajstić information content (AvgIpc) is 2.78. The van der Waals surface area contributed by atoms with Crippen molar-refractivity contribution in [2.75, 3.05) is 26.2 Å². The van der Waals surface area contributed by atoms with Crippen LogP contribution in [0.4, 0.5) is 0 Å². The summed E-state index contributed by atoms with van der Waals surface area (Å²) in [4.78, 5) is 25.3. The molecule has 1 aliphatic heterocycles. The molecule has 1 aliphatic rings. The normalized spacial score (nSPS) is 14.9. The number of carbonyl (C=O) groups is 2. The zero-order valence-corrected chi connectivity index (χ0v) is 18.0. The van der Waals surface area contributed by atoms with Gasteiger partial charge in [-0.2, -0.15) is 0 Å². The molecule has 1 fully saturated rings. The number of likely N-dealkylation sites (tertiary alicyclic amines) is 1. The van der Waals surface area contributed by atoms with Crippen LogP contribution in [0.3, 0.4) is 0 Å². The van der Waals surface area contributed by atoms with Gasteiger partial charge in [0.25, 0.3) is 5.91 Å². The van der Waals surface area contributed by atoms with Crippen LogP contribution in [0.1, 0.15) is 18.4 Å². The molecule has 2 amide bonds. The maximum Gasteiger partial charge on any atom is 0.260 e. The molecule has 0 bridgehead atoms. The molecule has 2 aromatic rings. The molecule has 0 aromatic heterocycles. The molecule has 0 radical (unpaired) electrons. The number of sulfonamides is 1. The molecule has 9 heteroatoms. The van der Waals surface area contributed by atoms with Crippen molar-refractivity contribution in [1.29, 1.82) is 0 Å². The molecule has 166 valence electrons. The van der Waals surface area contributed by atoms with Crippen LogP contribution in [0.25, 0.3) is 0 Å². The molecule has 3 rings (SSSR count). The van der Waals surface area contributed by atoms with Gasteiger partial charge in [-0.1, -0.05) is 30.3 Å². The van der Waals surface area contributed by atoms with Gasteiger partial charge in [-0.25, -0.2) is 13.1 Å². The third-order valence-corrected chi connectivity index (χ3v) is 6.77. The molecule has 0 atom stereocenters. The van der Waals surface area contributed by atoms with Crippen molar-refractivity contribution < 1.29 is 22.7 Å². The van der Waals surface area contributed by atoms with E-state index in [1.807, 2.05) is 30.3 Å². The van der Waals surface area contributed by atoms with Crippen LogP contribution in [-0.4, -0.2) is 51.4 Å². The van der Waals surface area contributed by atoms with Gasteiger partial charge >= 0.3 is 0 Å². The molecular weight excluding hydrogens is 418 g/mol. The highest BCUT2D eigenvalue weighted by Crippen LogP contribution is 2.18. The van der Waals surface area contributed by atoms with E-state index in [0.717, 1.165) is 5.56 Å². The summed E-state index contributed by atoms with van der Waals surface area (Å²) in [7, 11) is -3.63. The van der Waals surface area contributed by atoms with Gasteiger partial charge in [0.05, 0.1) is 4.90 Å². The highest BCUT2D eigenvalue weighted by Gasteiger charge is 2.26. The second-order valence-corrected chi connectivity index (χ2v) is 9.22. The number of piperidine rings is 1. The van der Waals surface area contributed by atoms with Crippen LogP contribution >= 0.6 is 0 Å². The Bertz CT molecular complexity index is 986. The molecule has 0 saturated carbocycles. The third-order valence-electron chi connectivity index (χ3n) is 5.29. The second-order valence-electron chi connectivity index (χ2n) is 7.45. The van der Waals surface area contributed by atoms with Crippen LogP contribution in [-0.2, 0) is 26.0 Å². The van der Waals surface area contributed by atoms with E-state index >= 15 is 0 Å². The molecule has 0 aliphatic carbocycles. The van der Waals surface area contributed by atoms with Crippen molar-refractivity contribution in [3.05, 3.63) is 60.2 Å². The first kappa shape index (κ1) is 22.8. The van der Waals surface area contributed by atoms with Crippen molar-refractivity contribution in [3.8, 4) is 5.75 Å². The SMILES string of the molecule is NC(=O)C1CCN(C(=O)COc2ccc(S(=O)(=O)NCCc3ccccc3)cc2)CC1. The quantitative estimate of drug-likeness (QED) is 0.603. The number of hydrogen-bond acceptors (Lipinski definition) is 5. The monoisotopic (exact) mass is 445 g/mol. The van der Waals surface area contributed by atoms with Gasteiger partial charge in [-0.3, -0.25) is 9.59 Å². The minimum absolute atomic E-state index is 0.132. The summed E-state index contributed by atoms with van der Waals surface area (Å²) in [5, 5.41) is 0. The number of primary amides is 1. The number of ether oxygens (including phenoxy) is 1. The van der Waals surface area contributed by atoms with E-state index in [1.165, 1.54) is 24.3 Å². The maximum absolute atomic E-state index is 12.4. The molecular formula is C22H27N3O5S. The lowest BCUT2D eigenvalue weighted by molar-refractivity contribution is -0.136. The Morgan fingerprint density at radius 3 is 2.29 bits per heavy atom. The first-order valence-electron chi connectivity index (χ1n) is 10.2. The fraction of sp³-hybridized carbons (Fsp3) is 0.364. The van der Waals surface area contributed by atoms with Crippen molar-refractivity contribution in [2.45, 2.75) is 24.2 Å². The number of benzene rings is 2. The topological polar surface area (TPSA) is 119 Å². The van der Waals surface area contributed by atoms with E-state index in [4.69, 9.17) is 10.5 Å². The number of nitrogens with two attached hydrogens (primary N) is 1. The lowest BCUT2D eigenvalue weighted by Gasteiger charge is -2.30. The number of nitrogens with one attached hydrogen (secondary N) is 1. The van der Waals surface area contributed by atoms with Crippen molar-refractivity contribution in [3.63, 3.8) is 0 Å². The number of carbonyl (C=O) groups excluding carboxylic acids is 2. The van der Waals surface area contributed by atoms with Crippen LogP contribution in [0.2, 0.25) is 0 Å². The van der Waals surface area contributed by atoms with E-state index < -0.39 is 10.0 Å². The largest absolute Gasteiger partial charge is 0.484 e. The summed E-state index contributed by atoms with van der Waals surface area (Å²) < 4.78 is 33.0. The summed E-state index contributed by atoms with van der Waals surface area (Å²) in [5.41, 5.74) is 6.36. The van der Waals surface area contributed by atoms with E-state index in [0.29, 0.717) is 44.6 Å². The Labute approximate surface area is 182 Å². The fourth-order valence-corrected chi connectivity index (χ4v) is 4.45.